The van der Waals surface area contributed by atoms with E-state index in [-0.39, 0.29) is 24.7 Å². The molecule has 0 bridgehead atoms. The van der Waals surface area contributed by atoms with Gasteiger partial charge in [0.25, 0.3) is 0 Å². The number of hydrogen-bond acceptors (Lipinski definition) is 5. The number of aliphatic hydroxyl groups is 1. The molecule has 0 amide bonds. The van der Waals surface area contributed by atoms with E-state index in [1.165, 1.54) is 0 Å². The lowest BCUT2D eigenvalue weighted by Gasteiger charge is -2.37. The van der Waals surface area contributed by atoms with Gasteiger partial charge in [0, 0.05) is 24.3 Å². The first-order valence-corrected chi connectivity index (χ1v) is 6.71. The van der Waals surface area contributed by atoms with Gasteiger partial charge in [0.05, 0.1) is 23.8 Å². The zero-order chi connectivity index (χ0) is 14.7. The van der Waals surface area contributed by atoms with Crippen LogP contribution in [-0.2, 0) is 4.74 Å². The van der Waals surface area contributed by atoms with E-state index in [1.54, 1.807) is 12.1 Å². The third-order valence-electron chi connectivity index (χ3n) is 3.23. The quantitative estimate of drug-likeness (QED) is 0.335. The molecule has 1 aliphatic rings. The number of rotatable bonds is 3. The Bertz CT molecular complexity index is 510. The summed E-state index contributed by atoms with van der Waals surface area (Å²) in [6.07, 6.45) is -0.176. The maximum atomic E-state index is 9.24. The predicted octanol–water partition coefficient (Wildman–Crippen LogP) is 1.02. The van der Waals surface area contributed by atoms with Gasteiger partial charge >= 0.3 is 0 Å². The molecule has 2 atom stereocenters. The first-order chi connectivity index (χ1) is 9.55. The smallest absolute Gasteiger partial charge is 0.171 e. The van der Waals surface area contributed by atoms with Crippen molar-refractivity contribution in [2.45, 2.75) is 19.1 Å². The number of morpholine rings is 1. The fourth-order valence-corrected chi connectivity index (χ4v) is 2.59. The molecule has 4 N–H and O–H groups in total. The molecule has 2 unspecified atom stereocenters. The number of ether oxygens (including phenoxy) is 1. The van der Waals surface area contributed by atoms with Crippen LogP contribution in [0.1, 0.15) is 12.5 Å². The number of nitrogens with two attached hydrogens (primary N) is 1. The molecule has 1 aromatic rings. The third kappa shape index (κ3) is 3.15. The van der Waals surface area contributed by atoms with Crippen LogP contribution in [0, 0.1) is 0 Å². The molecule has 1 aromatic carbocycles. The number of nitrogens with zero attached hydrogens (tertiary/aromatic N) is 2. The second-order valence-corrected chi connectivity index (χ2v) is 5.21. The topological polar surface area (TPSA) is 91.3 Å². The second-order valence-electron chi connectivity index (χ2n) is 4.81. The van der Waals surface area contributed by atoms with E-state index in [1.807, 2.05) is 13.0 Å². The Hall–Kier alpha value is -1.50. The number of aliphatic hydroxyl groups excluding tert-OH is 1. The minimum atomic E-state index is -0.207. The van der Waals surface area contributed by atoms with E-state index in [0.29, 0.717) is 17.1 Å². The van der Waals surface area contributed by atoms with Crippen molar-refractivity contribution in [1.82, 2.24) is 0 Å². The van der Waals surface area contributed by atoms with Crippen molar-refractivity contribution in [2.75, 3.05) is 24.6 Å². The highest BCUT2D eigenvalue weighted by Gasteiger charge is 2.25. The van der Waals surface area contributed by atoms with Crippen LogP contribution in [0.5, 0.6) is 0 Å². The first-order valence-electron chi connectivity index (χ1n) is 6.34. The zero-order valence-electron chi connectivity index (χ0n) is 11.2. The molecule has 1 heterocycles. The molecule has 1 fully saturated rings. The molecule has 0 radical (unpaired) electrons. The summed E-state index contributed by atoms with van der Waals surface area (Å²) >= 11 is 6.15. The van der Waals surface area contributed by atoms with Gasteiger partial charge in [-0.2, -0.15) is 0 Å². The van der Waals surface area contributed by atoms with Crippen molar-refractivity contribution in [1.29, 1.82) is 0 Å². The van der Waals surface area contributed by atoms with Crippen molar-refractivity contribution in [2.24, 2.45) is 10.9 Å². The fraction of sp³-hybridized carbons (Fsp3) is 0.462. The van der Waals surface area contributed by atoms with Crippen LogP contribution >= 0.6 is 11.6 Å². The SMILES string of the molecule is CC1CN(c2ccc(/C(N)=N/O)c(Cl)c2)CC(CO)O1. The van der Waals surface area contributed by atoms with Gasteiger partial charge in [0.2, 0.25) is 0 Å². The van der Waals surface area contributed by atoms with Crippen molar-refractivity contribution < 1.29 is 15.1 Å². The summed E-state index contributed by atoms with van der Waals surface area (Å²) < 4.78 is 5.60. The largest absolute Gasteiger partial charge is 0.409 e. The average molecular weight is 300 g/mol. The average Bonchev–Trinajstić information content (AvgIpc) is 2.45. The molecule has 1 aliphatic heterocycles. The van der Waals surface area contributed by atoms with Gasteiger partial charge in [0.1, 0.15) is 0 Å². The van der Waals surface area contributed by atoms with Crippen LogP contribution in [0.2, 0.25) is 5.02 Å². The summed E-state index contributed by atoms with van der Waals surface area (Å²) in [5, 5.41) is 21.3. The monoisotopic (exact) mass is 299 g/mol. The standard InChI is InChI=1S/C13H18ClN3O3/c1-8-5-17(6-10(7-18)20-8)9-2-3-11(12(14)4-9)13(15)16-19/h2-4,8,10,18-19H,5-7H2,1H3,(H2,15,16). The highest BCUT2D eigenvalue weighted by molar-refractivity contribution is 6.34. The van der Waals surface area contributed by atoms with Crippen molar-refractivity contribution in [3.63, 3.8) is 0 Å². The number of benzene rings is 1. The lowest BCUT2D eigenvalue weighted by molar-refractivity contribution is -0.0421. The summed E-state index contributed by atoms with van der Waals surface area (Å²) in [7, 11) is 0. The normalized spacial score (nSPS) is 23.9. The Morgan fingerprint density at radius 1 is 1.55 bits per heavy atom. The maximum Gasteiger partial charge on any atom is 0.171 e. The van der Waals surface area contributed by atoms with Gasteiger partial charge in [-0.15, -0.1) is 0 Å². The van der Waals surface area contributed by atoms with E-state index in [9.17, 15) is 5.11 Å². The molecule has 0 spiro atoms. The van der Waals surface area contributed by atoms with Crippen LogP contribution in [0.25, 0.3) is 0 Å². The molecule has 0 aliphatic carbocycles. The molecule has 0 saturated carbocycles. The van der Waals surface area contributed by atoms with Crippen LogP contribution in [0.3, 0.4) is 0 Å². The lowest BCUT2D eigenvalue weighted by atomic mass is 10.1. The zero-order valence-corrected chi connectivity index (χ0v) is 11.9. The summed E-state index contributed by atoms with van der Waals surface area (Å²) in [4.78, 5) is 2.09. The Morgan fingerprint density at radius 3 is 2.90 bits per heavy atom. The van der Waals surface area contributed by atoms with Crippen LogP contribution in [0.15, 0.2) is 23.4 Å². The number of anilines is 1. The van der Waals surface area contributed by atoms with Crippen LogP contribution in [0.4, 0.5) is 5.69 Å². The van der Waals surface area contributed by atoms with Crippen molar-refractivity contribution >= 4 is 23.1 Å². The molecule has 1 saturated heterocycles. The van der Waals surface area contributed by atoms with E-state index < -0.39 is 0 Å². The summed E-state index contributed by atoms with van der Waals surface area (Å²) in [6, 6.07) is 5.33. The molecular formula is C13H18ClN3O3. The van der Waals surface area contributed by atoms with E-state index in [0.717, 1.165) is 12.2 Å². The van der Waals surface area contributed by atoms with E-state index in [2.05, 4.69) is 10.1 Å². The van der Waals surface area contributed by atoms with Gasteiger partial charge in [-0.3, -0.25) is 0 Å². The minimum Gasteiger partial charge on any atom is -0.409 e. The molecule has 0 aromatic heterocycles. The highest BCUT2D eigenvalue weighted by Crippen LogP contribution is 2.26. The Morgan fingerprint density at radius 2 is 2.30 bits per heavy atom. The second kappa shape index (κ2) is 6.30. The van der Waals surface area contributed by atoms with Gasteiger partial charge in [-0.25, -0.2) is 0 Å². The fourth-order valence-electron chi connectivity index (χ4n) is 2.32. The molecular weight excluding hydrogens is 282 g/mol. The van der Waals surface area contributed by atoms with Crippen molar-refractivity contribution in [3.8, 4) is 0 Å². The number of halogens is 1. The third-order valence-corrected chi connectivity index (χ3v) is 3.54. The van der Waals surface area contributed by atoms with Crippen LogP contribution < -0.4 is 10.6 Å². The van der Waals surface area contributed by atoms with Gasteiger partial charge in [-0.1, -0.05) is 16.8 Å². The predicted molar refractivity (Wildman–Crippen MR) is 77.6 cm³/mol. The first kappa shape index (κ1) is 14.9. The Kier molecular flexibility index (Phi) is 4.69. The molecule has 7 heteroatoms. The summed E-state index contributed by atoms with van der Waals surface area (Å²) in [5.41, 5.74) is 6.94. The van der Waals surface area contributed by atoms with Gasteiger partial charge in [0.15, 0.2) is 5.84 Å². The van der Waals surface area contributed by atoms with Crippen molar-refractivity contribution in [3.05, 3.63) is 28.8 Å². The van der Waals surface area contributed by atoms with E-state index in [4.69, 9.17) is 27.3 Å². The maximum absolute atomic E-state index is 9.24. The Balaban J connectivity index is 2.23. The molecule has 20 heavy (non-hydrogen) atoms. The van der Waals surface area contributed by atoms with Gasteiger partial charge in [-0.05, 0) is 25.1 Å². The molecule has 110 valence electrons. The van der Waals surface area contributed by atoms with Crippen LogP contribution in [-0.4, -0.2) is 48.1 Å². The molecule has 6 nitrogen and oxygen atoms in total. The summed E-state index contributed by atoms with van der Waals surface area (Å²) in [6.45, 7) is 3.26. The number of oxime groups is 1. The summed E-state index contributed by atoms with van der Waals surface area (Å²) in [5.74, 6) is -0.0230. The number of amidine groups is 1. The lowest BCUT2D eigenvalue weighted by Crippen LogP contribution is -2.48. The van der Waals surface area contributed by atoms with E-state index >= 15 is 0 Å². The molecule has 2 rings (SSSR count). The highest BCUT2D eigenvalue weighted by atomic mass is 35.5. The minimum absolute atomic E-state index is 0.0171. The van der Waals surface area contributed by atoms with Gasteiger partial charge < -0.3 is 25.7 Å². The Labute approximate surface area is 122 Å². The number of hydrogen-bond donors (Lipinski definition) is 3.